The van der Waals surface area contributed by atoms with Crippen LogP contribution in [-0.2, 0) is 17.8 Å². The van der Waals surface area contributed by atoms with E-state index in [0.717, 1.165) is 10.1 Å². The number of carbonyl (C=O) groups is 1. The van der Waals surface area contributed by atoms with Gasteiger partial charge in [-0.05, 0) is 44.0 Å². The number of aliphatic hydroxyl groups is 1. The maximum atomic E-state index is 13.7. The molecule has 1 aromatic carbocycles. The molecule has 0 bridgehead atoms. The molecule has 8 heteroatoms. The number of nitrogens with one attached hydrogen (secondary N) is 1. The fourth-order valence-electron chi connectivity index (χ4n) is 3.82. The van der Waals surface area contributed by atoms with Crippen LogP contribution in [0.5, 0.6) is 0 Å². The van der Waals surface area contributed by atoms with Crippen LogP contribution in [0.15, 0.2) is 29.1 Å². The van der Waals surface area contributed by atoms with Crippen LogP contribution in [0.4, 0.5) is 4.39 Å². The first-order valence-electron chi connectivity index (χ1n) is 9.00. The quantitative estimate of drug-likeness (QED) is 0.724. The maximum absolute atomic E-state index is 13.7. The molecule has 0 aliphatic heterocycles. The fourth-order valence-corrected chi connectivity index (χ4v) is 3.82. The molecule has 1 aliphatic rings. The van der Waals surface area contributed by atoms with Gasteiger partial charge in [0, 0.05) is 17.8 Å². The summed E-state index contributed by atoms with van der Waals surface area (Å²) in [5.41, 5.74) is -0.191. The molecule has 0 atom stereocenters. The Morgan fingerprint density at radius 1 is 1.37 bits per heavy atom. The van der Waals surface area contributed by atoms with Gasteiger partial charge >= 0.3 is 0 Å². The minimum atomic E-state index is -0.733. The summed E-state index contributed by atoms with van der Waals surface area (Å²) in [6.45, 7) is 3.42. The van der Waals surface area contributed by atoms with Crippen LogP contribution in [0, 0.1) is 5.82 Å². The molecule has 3 aromatic rings. The second-order valence-corrected chi connectivity index (χ2v) is 7.47. The van der Waals surface area contributed by atoms with E-state index in [1.807, 2.05) is 6.92 Å². The van der Waals surface area contributed by atoms with Gasteiger partial charge in [0.1, 0.15) is 23.7 Å². The molecule has 0 spiro atoms. The number of rotatable bonds is 4. The number of aromatic nitrogens is 3. The molecule has 1 fully saturated rings. The summed E-state index contributed by atoms with van der Waals surface area (Å²) in [6, 6.07) is 5.95. The lowest BCUT2D eigenvalue weighted by molar-refractivity contribution is -0.125. The van der Waals surface area contributed by atoms with E-state index in [1.165, 1.54) is 12.1 Å². The number of aryl methyl sites for hydroxylation is 1. The second-order valence-electron chi connectivity index (χ2n) is 7.47. The van der Waals surface area contributed by atoms with Crippen LogP contribution in [0.2, 0.25) is 0 Å². The molecule has 2 heterocycles. The number of hydrogen-bond acceptors (Lipinski definition) is 4. The zero-order valence-corrected chi connectivity index (χ0v) is 15.2. The monoisotopic (exact) mass is 372 g/mol. The molecule has 27 heavy (non-hydrogen) atoms. The number of halogens is 1. The summed E-state index contributed by atoms with van der Waals surface area (Å²) >= 11 is 0. The van der Waals surface area contributed by atoms with Gasteiger partial charge in [0.15, 0.2) is 0 Å². The Balaban J connectivity index is 1.69. The topological polar surface area (TPSA) is 88.6 Å². The second kappa shape index (κ2) is 6.16. The molecule has 4 rings (SSSR count). The third kappa shape index (κ3) is 3.10. The van der Waals surface area contributed by atoms with Gasteiger partial charge in [-0.2, -0.15) is 5.10 Å². The minimum Gasteiger partial charge on any atom is -0.390 e. The number of hydrogen-bond donors (Lipinski definition) is 2. The summed E-state index contributed by atoms with van der Waals surface area (Å²) < 4.78 is 16.5. The van der Waals surface area contributed by atoms with E-state index in [1.54, 1.807) is 23.5 Å². The first kappa shape index (κ1) is 17.7. The minimum absolute atomic E-state index is 0.0866. The van der Waals surface area contributed by atoms with E-state index in [0.29, 0.717) is 36.1 Å². The van der Waals surface area contributed by atoms with Crippen molar-refractivity contribution in [2.75, 3.05) is 0 Å². The molecular weight excluding hydrogens is 351 g/mol. The van der Waals surface area contributed by atoms with Gasteiger partial charge in [0.25, 0.3) is 5.56 Å². The third-order valence-corrected chi connectivity index (χ3v) is 5.06. The highest BCUT2D eigenvalue weighted by Crippen LogP contribution is 2.31. The molecule has 1 saturated carbocycles. The summed E-state index contributed by atoms with van der Waals surface area (Å²) in [5.74, 6) is -0.132. The Morgan fingerprint density at radius 2 is 2.11 bits per heavy atom. The summed E-state index contributed by atoms with van der Waals surface area (Å²) in [4.78, 5) is 25.1. The number of nitrogens with zero attached hydrogens (tertiary/aromatic N) is 3. The predicted molar refractivity (Wildman–Crippen MR) is 98.1 cm³/mol. The van der Waals surface area contributed by atoms with Crippen LogP contribution < -0.4 is 10.9 Å². The number of carbonyl (C=O) groups excluding carboxylic acids is 1. The van der Waals surface area contributed by atoms with Crippen molar-refractivity contribution in [2.24, 2.45) is 0 Å². The van der Waals surface area contributed by atoms with E-state index in [-0.39, 0.29) is 24.3 Å². The SMILES string of the molecule is CCc1nn(CC(=O)NC2CC(C)(O)C2)c(=O)c2cc3ccc(F)cc3n12. The molecule has 0 saturated heterocycles. The lowest BCUT2D eigenvalue weighted by atomic mass is 9.77. The van der Waals surface area contributed by atoms with Crippen LogP contribution in [0.3, 0.4) is 0 Å². The Labute approximate surface area is 154 Å². The normalized spacial score (nSPS) is 22.1. The highest BCUT2D eigenvalue weighted by Gasteiger charge is 2.39. The van der Waals surface area contributed by atoms with Gasteiger partial charge < -0.3 is 10.4 Å². The predicted octanol–water partition coefficient (Wildman–Crippen LogP) is 1.38. The van der Waals surface area contributed by atoms with Crippen molar-refractivity contribution in [1.82, 2.24) is 19.5 Å². The largest absolute Gasteiger partial charge is 0.390 e. The molecule has 0 unspecified atom stereocenters. The summed E-state index contributed by atoms with van der Waals surface area (Å²) in [6.07, 6.45) is 1.51. The molecular formula is C19H21FN4O3. The van der Waals surface area contributed by atoms with E-state index in [2.05, 4.69) is 10.4 Å². The Kier molecular flexibility index (Phi) is 4.03. The van der Waals surface area contributed by atoms with Crippen molar-refractivity contribution in [1.29, 1.82) is 0 Å². The van der Waals surface area contributed by atoms with Crippen molar-refractivity contribution >= 4 is 22.3 Å². The highest BCUT2D eigenvalue weighted by molar-refractivity contribution is 5.87. The Bertz CT molecular complexity index is 1110. The molecule has 142 valence electrons. The lowest BCUT2D eigenvalue weighted by Gasteiger charge is -2.41. The first-order valence-corrected chi connectivity index (χ1v) is 9.00. The Hall–Kier alpha value is -2.74. The number of benzene rings is 1. The highest BCUT2D eigenvalue weighted by atomic mass is 19.1. The van der Waals surface area contributed by atoms with E-state index >= 15 is 0 Å². The molecule has 1 amide bonds. The van der Waals surface area contributed by atoms with E-state index < -0.39 is 11.2 Å². The first-order chi connectivity index (χ1) is 12.8. The van der Waals surface area contributed by atoms with Crippen molar-refractivity contribution < 1.29 is 14.3 Å². The van der Waals surface area contributed by atoms with E-state index in [4.69, 9.17) is 0 Å². The molecule has 7 nitrogen and oxygen atoms in total. The third-order valence-electron chi connectivity index (χ3n) is 5.06. The average Bonchev–Trinajstić information content (AvgIpc) is 2.95. The summed E-state index contributed by atoms with van der Waals surface area (Å²) in [5, 5.41) is 17.6. The van der Waals surface area contributed by atoms with Crippen LogP contribution in [-0.4, -0.2) is 36.8 Å². The molecule has 1 aliphatic carbocycles. The van der Waals surface area contributed by atoms with Crippen molar-refractivity contribution in [2.45, 2.75) is 51.3 Å². The molecule has 2 aromatic heterocycles. The van der Waals surface area contributed by atoms with Crippen LogP contribution >= 0.6 is 0 Å². The van der Waals surface area contributed by atoms with Crippen LogP contribution in [0.25, 0.3) is 16.4 Å². The van der Waals surface area contributed by atoms with Gasteiger partial charge in [-0.1, -0.05) is 6.92 Å². The van der Waals surface area contributed by atoms with Crippen molar-refractivity contribution in [3.63, 3.8) is 0 Å². The van der Waals surface area contributed by atoms with Gasteiger partial charge in [-0.25, -0.2) is 9.07 Å². The summed E-state index contributed by atoms with van der Waals surface area (Å²) in [7, 11) is 0. The van der Waals surface area contributed by atoms with Gasteiger partial charge in [-0.3, -0.25) is 14.0 Å². The number of fused-ring (bicyclic) bond motifs is 3. The van der Waals surface area contributed by atoms with Gasteiger partial charge in [0.05, 0.1) is 11.1 Å². The smallest absolute Gasteiger partial charge is 0.291 e. The Morgan fingerprint density at radius 3 is 2.78 bits per heavy atom. The van der Waals surface area contributed by atoms with Crippen molar-refractivity contribution in [3.05, 3.63) is 46.3 Å². The van der Waals surface area contributed by atoms with Crippen molar-refractivity contribution in [3.8, 4) is 0 Å². The number of amides is 1. The maximum Gasteiger partial charge on any atom is 0.291 e. The zero-order valence-electron chi connectivity index (χ0n) is 15.2. The standard InChI is InChI=1S/C19H21FN4O3/c1-3-16-22-23(10-17(25)21-13-8-19(2,27)9-13)18(26)15-6-11-4-5-12(20)7-14(11)24(15)16/h4-7,13,27H,3,8-10H2,1-2H3,(H,21,25). The van der Waals surface area contributed by atoms with E-state index in [9.17, 15) is 19.1 Å². The van der Waals surface area contributed by atoms with Gasteiger partial charge in [-0.15, -0.1) is 0 Å². The molecule has 0 radical (unpaired) electrons. The molecule has 2 N–H and O–H groups in total. The van der Waals surface area contributed by atoms with Gasteiger partial charge in [0.2, 0.25) is 5.91 Å². The van der Waals surface area contributed by atoms with Crippen LogP contribution in [0.1, 0.15) is 32.5 Å². The fraction of sp³-hybridized carbons (Fsp3) is 0.421. The zero-order chi connectivity index (χ0) is 19.3. The lowest BCUT2D eigenvalue weighted by Crippen LogP contribution is -2.54. The average molecular weight is 372 g/mol.